The maximum absolute atomic E-state index is 13.7. The smallest absolute Gasteiger partial charge is 0.328 e. The molecule has 0 heterocycles. The highest BCUT2D eigenvalue weighted by atomic mass is 32.2. The molecule has 2 aromatic rings. The largest absolute Gasteiger partial charge is 0.465 e. The van der Waals surface area contributed by atoms with Crippen LogP contribution < -0.4 is 0 Å². The van der Waals surface area contributed by atoms with E-state index in [0.717, 1.165) is 6.07 Å². The third kappa shape index (κ3) is 2.67. The normalized spacial score (nSPS) is 24.5. The summed E-state index contributed by atoms with van der Waals surface area (Å²) in [5, 5.41) is 8.40. The van der Waals surface area contributed by atoms with Gasteiger partial charge >= 0.3 is 5.97 Å². The van der Waals surface area contributed by atoms with E-state index in [0.29, 0.717) is 0 Å². The van der Waals surface area contributed by atoms with E-state index in [4.69, 9.17) is 4.74 Å². The van der Waals surface area contributed by atoms with Crippen molar-refractivity contribution >= 4 is 15.8 Å². The highest BCUT2D eigenvalue weighted by Crippen LogP contribution is 2.64. The zero-order valence-corrected chi connectivity index (χ0v) is 14.7. The molecule has 5 nitrogen and oxygen atoms in total. The van der Waals surface area contributed by atoms with Crippen LogP contribution in [0.2, 0.25) is 0 Å². The topological polar surface area (TPSA) is 84.2 Å². The molecule has 7 heteroatoms. The van der Waals surface area contributed by atoms with E-state index in [2.05, 4.69) is 0 Å². The lowest BCUT2D eigenvalue weighted by atomic mass is 10.0. The van der Waals surface area contributed by atoms with E-state index < -0.39 is 38.2 Å². The fourth-order valence-corrected chi connectivity index (χ4v) is 5.61. The van der Waals surface area contributed by atoms with Crippen molar-refractivity contribution in [3.8, 4) is 6.07 Å². The molecule has 0 aliphatic heterocycles. The molecule has 1 fully saturated rings. The van der Waals surface area contributed by atoms with E-state index in [1.165, 1.54) is 30.3 Å². The molecule has 26 heavy (non-hydrogen) atoms. The predicted molar refractivity (Wildman–Crippen MR) is 91.2 cm³/mol. The number of benzene rings is 2. The van der Waals surface area contributed by atoms with Crippen LogP contribution in [0.4, 0.5) is 4.39 Å². The lowest BCUT2D eigenvalue weighted by Crippen LogP contribution is -2.25. The van der Waals surface area contributed by atoms with Crippen molar-refractivity contribution in [3.05, 3.63) is 66.0 Å². The summed E-state index contributed by atoms with van der Waals surface area (Å²) < 4.78 is 44.8. The van der Waals surface area contributed by atoms with E-state index in [1.807, 2.05) is 6.07 Å². The van der Waals surface area contributed by atoms with Crippen molar-refractivity contribution in [3.63, 3.8) is 0 Å². The Morgan fingerprint density at radius 1 is 1.23 bits per heavy atom. The summed E-state index contributed by atoms with van der Waals surface area (Å²) in [4.78, 5) is 12.5. The number of rotatable bonds is 5. The van der Waals surface area contributed by atoms with E-state index >= 15 is 0 Å². The van der Waals surface area contributed by atoms with Gasteiger partial charge in [0.2, 0.25) is 0 Å². The van der Waals surface area contributed by atoms with Crippen molar-refractivity contribution < 1.29 is 22.3 Å². The Morgan fingerprint density at radius 3 is 2.50 bits per heavy atom. The van der Waals surface area contributed by atoms with Gasteiger partial charge in [0.1, 0.15) is 11.1 Å². The molecule has 0 spiro atoms. The summed E-state index contributed by atoms with van der Waals surface area (Å²) >= 11 is 0. The Labute approximate surface area is 150 Å². The molecule has 1 aliphatic carbocycles. The minimum atomic E-state index is -4.00. The Kier molecular flexibility index (Phi) is 4.55. The van der Waals surface area contributed by atoms with Crippen LogP contribution in [0, 0.1) is 22.6 Å². The maximum Gasteiger partial charge on any atom is 0.328 e. The third-order valence-electron chi connectivity index (χ3n) is 4.55. The molecule has 1 saturated carbocycles. The first-order valence-corrected chi connectivity index (χ1v) is 9.57. The lowest BCUT2D eigenvalue weighted by Gasteiger charge is -2.09. The van der Waals surface area contributed by atoms with Crippen molar-refractivity contribution in [1.82, 2.24) is 0 Å². The van der Waals surface area contributed by atoms with Gasteiger partial charge in [-0.15, -0.1) is 0 Å². The van der Waals surface area contributed by atoms with Crippen molar-refractivity contribution in [2.24, 2.45) is 5.41 Å². The van der Waals surface area contributed by atoms with Gasteiger partial charge < -0.3 is 4.74 Å². The minimum Gasteiger partial charge on any atom is -0.465 e. The standard InChI is InChI=1S/C19H16FNO4S/c1-2-25-18(22)19(12-21)16(13-7-6-8-14(20)11-13)17(19)26(23,24)15-9-4-3-5-10-15/h3-11,16-17H,2H2,1H3/t16-,17+,19+/m0/s1. The first-order valence-electron chi connectivity index (χ1n) is 8.02. The van der Waals surface area contributed by atoms with Crippen LogP contribution in [0.3, 0.4) is 0 Å². The number of sulfone groups is 1. The zero-order valence-electron chi connectivity index (χ0n) is 13.9. The Morgan fingerprint density at radius 2 is 1.92 bits per heavy atom. The van der Waals surface area contributed by atoms with Gasteiger partial charge in [0.05, 0.1) is 17.6 Å². The van der Waals surface area contributed by atoms with Gasteiger partial charge in [-0.25, -0.2) is 12.8 Å². The zero-order chi connectivity index (χ0) is 18.9. The molecule has 134 valence electrons. The SMILES string of the molecule is CCOC(=O)[C@@]1(C#N)[C@H](S(=O)(=O)c2ccccc2)[C@@H]1c1cccc(F)c1. The highest BCUT2D eigenvalue weighted by Gasteiger charge is 2.77. The van der Waals surface area contributed by atoms with Gasteiger partial charge in [-0.3, -0.25) is 4.79 Å². The monoisotopic (exact) mass is 373 g/mol. The van der Waals surface area contributed by atoms with Crippen molar-refractivity contribution in [2.45, 2.75) is 23.0 Å². The number of ether oxygens (including phenoxy) is 1. The quantitative estimate of drug-likeness (QED) is 0.753. The number of carbonyl (C=O) groups is 1. The second-order valence-corrected chi connectivity index (χ2v) is 8.08. The van der Waals surface area contributed by atoms with Crippen LogP contribution in [0.15, 0.2) is 59.5 Å². The molecule has 3 atom stereocenters. The molecule has 1 aliphatic rings. The maximum atomic E-state index is 13.7. The van der Waals surface area contributed by atoms with Crippen LogP contribution in [0.1, 0.15) is 18.4 Å². The van der Waals surface area contributed by atoms with E-state index in [9.17, 15) is 22.9 Å². The number of nitriles is 1. The summed E-state index contributed by atoms with van der Waals surface area (Å²) in [5.41, 5.74) is -1.61. The number of esters is 1. The second kappa shape index (κ2) is 6.54. The average molecular weight is 373 g/mol. The van der Waals surface area contributed by atoms with Crippen LogP contribution in [0.25, 0.3) is 0 Å². The van der Waals surface area contributed by atoms with Gasteiger partial charge in [-0.1, -0.05) is 30.3 Å². The molecule has 0 unspecified atom stereocenters. The molecular formula is C19H16FNO4S. The Balaban J connectivity index is 2.15. The summed E-state index contributed by atoms with van der Waals surface area (Å²) in [6, 6.07) is 14.7. The number of carbonyl (C=O) groups excluding carboxylic acids is 1. The Bertz CT molecular complexity index is 984. The second-order valence-electron chi connectivity index (χ2n) is 6.01. The number of nitrogens with zero attached hydrogens (tertiary/aromatic N) is 1. The molecule has 0 saturated heterocycles. The van der Waals surface area contributed by atoms with E-state index in [1.54, 1.807) is 25.1 Å². The van der Waals surface area contributed by atoms with Gasteiger partial charge in [0, 0.05) is 5.92 Å². The fourth-order valence-electron chi connectivity index (χ4n) is 3.35. The summed E-state index contributed by atoms with van der Waals surface area (Å²) in [5.74, 6) is -2.46. The van der Waals surface area contributed by atoms with Gasteiger partial charge in [-0.05, 0) is 36.8 Å². The predicted octanol–water partition coefficient (Wildman–Crippen LogP) is 2.84. The molecule has 0 aromatic heterocycles. The molecule has 0 bridgehead atoms. The van der Waals surface area contributed by atoms with Crippen LogP contribution in [-0.2, 0) is 19.4 Å². The average Bonchev–Trinajstić information content (AvgIpc) is 3.34. The highest BCUT2D eigenvalue weighted by molar-refractivity contribution is 7.92. The van der Waals surface area contributed by atoms with Crippen molar-refractivity contribution in [2.75, 3.05) is 6.61 Å². The number of hydrogen-bond acceptors (Lipinski definition) is 5. The molecular weight excluding hydrogens is 357 g/mol. The molecule has 3 rings (SSSR count). The molecule has 0 N–H and O–H groups in total. The Hall–Kier alpha value is -2.72. The molecule has 0 radical (unpaired) electrons. The summed E-state index contributed by atoms with van der Waals surface area (Å²) in [6.07, 6.45) is 0. The molecule has 0 amide bonds. The molecule has 2 aromatic carbocycles. The van der Waals surface area contributed by atoms with Gasteiger partial charge in [0.15, 0.2) is 15.3 Å². The summed E-state index contributed by atoms with van der Waals surface area (Å²) in [7, 11) is -4.00. The number of hydrogen-bond donors (Lipinski definition) is 0. The van der Waals surface area contributed by atoms with Gasteiger partial charge in [0.25, 0.3) is 0 Å². The van der Waals surface area contributed by atoms with E-state index in [-0.39, 0.29) is 17.1 Å². The van der Waals surface area contributed by atoms with Crippen LogP contribution >= 0.6 is 0 Å². The minimum absolute atomic E-state index is 0.00725. The summed E-state index contributed by atoms with van der Waals surface area (Å²) in [6.45, 7) is 1.58. The number of halogens is 1. The van der Waals surface area contributed by atoms with Crippen LogP contribution in [-0.4, -0.2) is 26.2 Å². The fraction of sp³-hybridized carbons (Fsp3) is 0.263. The van der Waals surface area contributed by atoms with Gasteiger partial charge in [-0.2, -0.15) is 5.26 Å². The first-order chi connectivity index (χ1) is 12.4. The third-order valence-corrected chi connectivity index (χ3v) is 6.79. The van der Waals surface area contributed by atoms with Crippen molar-refractivity contribution in [1.29, 1.82) is 5.26 Å². The van der Waals surface area contributed by atoms with Crippen LogP contribution in [0.5, 0.6) is 0 Å². The first kappa shape index (κ1) is 18.1. The lowest BCUT2D eigenvalue weighted by molar-refractivity contribution is -0.147.